The van der Waals surface area contributed by atoms with Crippen LogP contribution in [0.1, 0.15) is 38.7 Å². The van der Waals surface area contributed by atoms with Gasteiger partial charge in [-0.2, -0.15) is 0 Å². The van der Waals surface area contributed by atoms with E-state index in [0.29, 0.717) is 18.1 Å². The van der Waals surface area contributed by atoms with Crippen LogP contribution in [0.2, 0.25) is 0 Å². The van der Waals surface area contributed by atoms with Gasteiger partial charge in [0.1, 0.15) is 5.78 Å². The number of nitrogens with zero attached hydrogens (tertiary/aromatic N) is 1. The van der Waals surface area contributed by atoms with E-state index in [9.17, 15) is 4.79 Å². The third kappa shape index (κ3) is 2.41. The van der Waals surface area contributed by atoms with Gasteiger partial charge in [0.25, 0.3) is 0 Å². The monoisotopic (exact) mass is 191 g/mol. The summed E-state index contributed by atoms with van der Waals surface area (Å²) in [6.07, 6.45) is 4.12. The fourth-order valence-corrected chi connectivity index (χ4v) is 1.72. The summed E-state index contributed by atoms with van der Waals surface area (Å²) >= 11 is 0. The maximum Gasteiger partial charge on any atom is 0.140 e. The van der Waals surface area contributed by atoms with E-state index in [-0.39, 0.29) is 5.92 Å². The van der Waals surface area contributed by atoms with Crippen LogP contribution < -0.4 is 0 Å². The van der Waals surface area contributed by atoms with Gasteiger partial charge < -0.3 is 0 Å². The molecule has 2 heteroatoms. The number of carbonyl (C=O) groups is 1. The second-order valence-corrected chi connectivity index (χ2v) is 3.83. The molecule has 1 unspecified atom stereocenters. The highest BCUT2D eigenvalue weighted by molar-refractivity contribution is 5.85. The van der Waals surface area contributed by atoms with Crippen molar-refractivity contribution in [1.29, 1.82) is 0 Å². The van der Waals surface area contributed by atoms with E-state index >= 15 is 0 Å². The fourth-order valence-electron chi connectivity index (χ4n) is 1.72. The molecule has 1 rings (SSSR count). The maximum atomic E-state index is 11.7. The summed E-state index contributed by atoms with van der Waals surface area (Å²) in [5.74, 6) is 0.647. The number of Topliss-reactive ketones (excluding diaryl/α,β-unsaturated/α-hetero) is 1. The molecule has 14 heavy (non-hydrogen) atoms. The Morgan fingerprint density at radius 1 is 1.50 bits per heavy atom. The molecule has 0 spiro atoms. The Morgan fingerprint density at radius 2 is 2.21 bits per heavy atom. The Bertz CT molecular complexity index is 292. The van der Waals surface area contributed by atoms with E-state index in [1.807, 2.05) is 19.1 Å². The molecular weight excluding hydrogens is 174 g/mol. The average molecular weight is 191 g/mol. The molecular formula is C12H17NO. The van der Waals surface area contributed by atoms with Crippen molar-refractivity contribution >= 4 is 5.78 Å². The first kappa shape index (κ1) is 10.9. The van der Waals surface area contributed by atoms with E-state index in [1.54, 1.807) is 12.4 Å². The molecule has 0 aromatic carbocycles. The van der Waals surface area contributed by atoms with E-state index in [4.69, 9.17) is 0 Å². The van der Waals surface area contributed by atoms with Gasteiger partial charge in [-0.3, -0.25) is 9.78 Å². The molecule has 0 bridgehead atoms. The molecule has 0 saturated heterocycles. The highest BCUT2D eigenvalue weighted by atomic mass is 16.1. The standard InChI is InChI=1S/C12H17NO/c1-4-11(14)12(9(2)3)10-6-5-7-13-8-10/h5-9,12H,4H2,1-3H3. The summed E-state index contributed by atoms with van der Waals surface area (Å²) in [5, 5.41) is 0. The number of pyridine rings is 1. The second kappa shape index (κ2) is 4.89. The minimum Gasteiger partial charge on any atom is -0.299 e. The van der Waals surface area contributed by atoms with Crippen LogP contribution in [0.25, 0.3) is 0 Å². The molecule has 0 fully saturated rings. The van der Waals surface area contributed by atoms with Crippen molar-refractivity contribution in [1.82, 2.24) is 4.98 Å². The first-order chi connectivity index (χ1) is 6.66. The van der Waals surface area contributed by atoms with Crippen LogP contribution in [0.5, 0.6) is 0 Å². The van der Waals surface area contributed by atoms with Crippen molar-refractivity contribution < 1.29 is 4.79 Å². The maximum absolute atomic E-state index is 11.7. The number of aromatic nitrogens is 1. The van der Waals surface area contributed by atoms with Gasteiger partial charge in [0, 0.05) is 24.7 Å². The van der Waals surface area contributed by atoms with E-state index in [2.05, 4.69) is 18.8 Å². The van der Waals surface area contributed by atoms with Crippen LogP contribution in [0, 0.1) is 5.92 Å². The normalized spacial score (nSPS) is 12.9. The minimum atomic E-state index is 0.00806. The molecule has 1 heterocycles. The van der Waals surface area contributed by atoms with E-state index in [0.717, 1.165) is 5.56 Å². The topological polar surface area (TPSA) is 30.0 Å². The van der Waals surface area contributed by atoms with Gasteiger partial charge in [-0.1, -0.05) is 26.8 Å². The van der Waals surface area contributed by atoms with Crippen molar-refractivity contribution in [2.75, 3.05) is 0 Å². The molecule has 0 aliphatic rings. The summed E-state index contributed by atoms with van der Waals surface area (Å²) in [4.78, 5) is 15.8. The van der Waals surface area contributed by atoms with Crippen LogP contribution in [0.4, 0.5) is 0 Å². The number of hydrogen-bond donors (Lipinski definition) is 0. The van der Waals surface area contributed by atoms with Crippen molar-refractivity contribution in [3.63, 3.8) is 0 Å². The summed E-state index contributed by atoms with van der Waals surface area (Å²) in [6, 6.07) is 3.86. The Balaban J connectivity index is 2.95. The molecule has 0 saturated carbocycles. The average Bonchev–Trinajstić information content (AvgIpc) is 2.19. The largest absolute Gasteiger partial charge is 0.299 e. The van der Waals surface area contributed by atoms with Gasteiger partial charge in [0.15, 0.2) is 0 Å². The molecule has 0 aliphatic carbocycles. The molecule has 2 nitrogen and oxygen atoms in total. The van der Waals surface area contributed by atoms with Crippen molar-refractivity contribution in [2.45, 2.75) is 33.1 Å². The predicted octanol–water partition coefficient (Wildman–Crippen LogP) is 2.80. The summed E-state index contributed by atoms with van der Waals surface area (Å²) in [7, 11) is 0. The minimum absolute atomic E-state index is 0.00806. The van der Waals surface area contributed by atoms with Gasteiger partial charge in [0.05, 0.1) is 0 Å². The fraction of sp³-hybridized carbons (Fsp3) is 0.500. The van der Waals surface area contributed by atoms with Crippen molar-refractivity contribution in [3.05, 3.63) is 30.1 Å². The molecule has 1 aromatic heterocycles. The van der Waals surface area contributed by atoms with Crippen LogP contribution in [-0.4, -0.2) is 10.8 Å². The SMILES string of the molecule is CCC(=O)C(c1cccnc1)C(C)C. The Hall–Kier alpha value is -1.18. The summed E-state index contributed by atoms with van der Waals surface area (Å²) in [6.45, 7) is 6.06. The third-order valence-electron chi connectivity index (χ3n) is 2.41. The smallest absolute Gasteiger partial charge is 0.140 e. The molecule has 0 aliphatic heterocycles. The zero-order valence-electron chi connectivity index (χ0n) is 9.03. The van der Waals surface area contributed by atoms with Gasteiger partial charge in [-0.15, -0.1) is 0 Å². The van der Waals surface area contributed by atoms with Crippen molar-refractivity contribution in [3.8, 4) is 0 Å². The lowest BCUT2D eigenvalue weighted by Crippen LogP contribution is -2.17. The Kier molecular flexibility index (Phi) is 3.81. The zero-order valence-corrected chi connectivity index (χ0v) is 9.03. The number of rotatable bonds is 4. The number of carbonyl (C=O) groups excluding carboxylic acids is 1. The van der Waals surface area contributed by atoms with Crippen molar-refractivity contribution in [2.24, 2.45) is 5.92 Å². The van der Waals surface area contributed by atoms with Crippen LogP contribution in [0.3, 0.4) is 0 Å². The van der Waals surface area contributed by atoms with Gasteiger partial charge >= 0.3 is 0 Å². The van der Waals surface area contributed by atoms with E-state index < -0.39 is 0 Å². The Labute approximate surface area is 85.4 Å². The van der Waals surface area contributed by atoms with Crippen LogP contribution in [-0.2, 0) is 4.79 Å². The molecule has 1 aromatic rings. The highest BCUT2D eigenvalue weighted by Gasteiger charge is 2.22. The molecule has 0 amide bonds. The summed E-state index contributed by atoms with van der Waals surface area (Å²) < 4.78 is 0. The second-order valence-electron chi connectivity index (χ2n) is 3.83. The number of hydrogen-bond acceptors (Lipinski definition) is 2. The molecule has 0 N–H and O–H groups in total. The Morgan fingerprint density at radius 3 is 2.64 bits per heavy atom. The number of ketones is 1. The summed E-state index contributed by atoms with van der Waals surface area (Å²) in [5.41, 5.74) is 1.04. The first-order valence-corrected chi connectivity index (χ1v) is 5.09. The first-order valence-electron chi connectivity index (χ1n) is 5.09. The lowest BCUT2D eigenvalue weighted by molar-refractivity contribution is -0.121. The quantitative estimate of drug-likeness (QED) is 0.732. The van der Waals surface area contributed by atoms with Crippen LogP contribution in [0.15, 0.2) is 24.5 Å². The predicted molar refractivity (Wildman–Crippen MR) is 57.1 cm³/mol. The lowest BCUT2D eigenvalue weighted by atomic mass is 9.85. The molecule has 1 atom stereocenters. The van der Waals surface area contributed by atoms with Gasteiger partial charge in [-0.25, -0.2) is 0 Å². The molecule has 0 radical (unpaired) electrons. The lowest BCUT2D eigenvalue weighted by Gasteiger charge is -2.18. The third-order valence-corrected chi connectivity index (χ3v) is 2.41. The van der Waals surface area contributed by atoms with E-state index in [1.165, 1.54) is 0 Å². The van der Waals surface area contributed by atoms with Gasteiger partial charge in [-0.05, 0) is 17.5 Å². The zero-order chi connectivity index (χ0) is 10.6. The van der Waals surface area contributed by atoms with Crippen LogP contribution >= 0.6 is 0 Å². The van der Waals surface area contributed by atoms with Gasteiger partial charge in [0.2, 0.25) is 0 Å². The highest BCUT2D eigenvalue weighted by Crippen LogP contribution is 2.25. The molecule has 76 valence electrons.